The van der Waals surface area contributed by atoms with Crippen LogP contribution in [0, 0.1) is 11.8 Å². The van der Waals surface area contributed by atoms with Crippen molar-refractivity contribution in [2.45, 2.75) is 25.7 Å². The van der Waals surface area contributed by atoms with Gasteiger partial charge in [-0.15, -0.1) is 0 Å². The number of nitrogens with zero attached hydrogens (tertiary/aromatic N) is 1. The van der Waals surface area contributed by atoms with Gasteiger partial charge in [0.1, 0.15) is 13.2 Å². The first-order chi connectivity index (χ1) is 11.7. The number of hydrogen-bond donors (Lipinski definition) is 0. The first kappa shape index (κ1) is 19.1. The van der Waals surface area contributed by atoms with Crippen LogP contribution in [0.3, 0.4) is 0 Å². The average Bonchev–Trinajstić information content (AvgIpc) is 2.62. The largest absolute Gasteiger partial charge is 0.464 e. The summed E-state index contributed by atoms with van der Waals surface area (Å²) in [5.74, 6) is -1.33. The molecule has 0 N–H and O–H groups in total. The van der Waals surface area contributed by atoms with Crippen LogP contribution in [0.5, 0.6) is 0 Å². The second-order valence-electron chi connectivity index (χ2n) is 6.28. The first-order valence-electron chi connectivity index (χ1n) is 8.84. The average molecular weight is 343 g/mol. The number of ether oxygens (including phenoxy) is 4. The number of esters is 2. The van der Waals surface area contributed by atoms with Crippen LogP contribution in [0.2, 0.25) is 0 Å². The van der Waals surface area contributed by atoms with Crippen molar-refractivity contribution in [1.82, 2.24) is 4.90 Å². The lowest BCUT2D eigenvalue weighted by atomic mass is 9.79. The molecule has 1 saturated carbocycles. The Morgan fingerprint density at radius 3 is 2.12 bits per heavy atom. The zero-order valence-electron chi connectivity index (χ0n) is 14.5. The van der Waals surface area contributed by atoms with Gasteiger partial charge in [-0.3, -0.25) is 14.5 Å². The Balaban J connectivity index is 1.75. The van der Waals surface area contributed by atoms with Crippen LogP contribution >= 0.6 is 0 Å². The molecule has 0 aromatic carbocycles. The molecule has 2 aliphatic rings. The van der Waals surface area contributed by atoms with Gasteiger partial charge >= 0.3 is 11.9 Å². The summed E-state index contributed by atoms with van der Waals surface area (Å²) in [5, 5.41) is 0. The first-order valence-corrected chi connectivity index (χ1v) is 8.84. The second kappa shape index (κ2) is 10.6. The maximum absolute atomic E-state index is 12.4. The molecule has 0 aromatic rings. The van der Waals surface area contributed by atoms with Crippen molar-refractivity contribution in [3.63, 3.8) is 0 Å². The number of hydrogen-bond acceptors (Lipinski definition) is 7. The number of carbonyl (C=O) groups excluding carboxylic acids is 2. The van der Waals surface area contributed by atoms with Gasteiger partial charge in [0.15, 0.2) is 0 Å². The molecule has 24 heavy (non-hydrogen) atoms. The fourth-order valence-corrected chi connectivity index (χ4v) is 3.23. The monoisotopic (exact) mass is 343 g/mol. The highest BCUT2D eigenvalue weighted by Gasteiger charge is 2.37. The molecule has 138 valence electrons. The molecule has 1 saturated heterocycles. The molecule has 0 aromatic heterocycles. The lowest BCUT2D eigenvalue weighted by Gasteiger charge is -2.29. The molecule has 1 heterocycles. The van der Waals surface area contributed by atoms with Gasteiger partial charge in [-0.1, -0.05) is 12.8 Å². The van der Waals surface area contributed by atoms with Crippen LogP contribution in [0.1, 0.15) is 25.7 Å². The maximum atomic E-state index is 12.4. The molecule has 2 fully saturated rings. The molecule has 7 heteroatoms. The summed E-state index contributed by atoms with van der Waals surface area (Å²) in [6, 6.07) is 0. The van der Waals surface area contributed by atoms with Gasteiger partial charge in [-0.05, 0) is 12.8 Å². The Hall–Kier alpha value is -1.18. The van der Waals surface area contributed by atoms with E-state index in [9.17, 15) is 9.59 Å². The Morgan fingerprint density at radius 1 is 0.958 bits per heavy atom. The van der Waals surface area contributed by atoms with Crippen molar-refractivity contribution >= 4 is 11.9 Å². The molecule has 2 unspecified atom stereocenters. The number of morpholine rings is 1. The summed E-state index contributed by atoms with van der Waals surface area (Å²) in [5.41, 5.74) is 0. The molecule has 2 atom stereocenters. The van der Waals surface area contributed by atoms with Crippen LogP contribution in [-0.2, 0) is 28.5 Å². The summed E-state index contributed by atoms with van der Waals surface area (Å²) < 4.78 is 20.8. The minimum atomic E-state index is -0.383. The fourth-order valence-electron chi connectivity index (χ4n) is 3.23. The zero-order valence-corrected chi connectivity index (χ0v) is 14.5. The third kappa shape index (κ3) is 6.03. The molecule has 7 nitrogen and oxygen atoms in total. The third-order valence-electron chi connectivity index (χ3n) is 4.66. The van der Waals surface area contributed by atoms with Crippen molar-refractivity contribution in [1.29, 1.82) is 0 Å². The topological polar surface area (TPSA) is 74.3 Å². The van der Waals surface area contributed by atoms with Crippen molar-refractivity contribution in [3.8, 4) is 0 Å². The Kier molecular flexibility index (Phi) is 8.49. The van der Waals surface area contributed by atoms with Crippen LogP contribution < -0.4 is 0 Å². The Labute approximate surface area is 143 Å². The molecule has 0 amide bonds. The standard InChI is InChI=1S/C17H29NO6/c1-21-12-13-24-17(20)15-5-3-2-4-14(15)16(19)23-11-8-18-6-9-22-10-7-18/h14-15H,2-13H2,1H3. The summed E-state index contributed by atoms with van der Waals surface area (Å²) in [7, 11) is 1.56. The SMILES string of the molecule is COCCOC(=O)C1CCCCC1C(=O)OCCN1CCOCC1. The molecular weight excluding hydrogens is 314 g/mol. The van der Waals surface area contributed by atoms with E-state index in [0.717, 1.165) is 39.1 Å². The van der Waals surface area contributed by atoms with E-state index >= 15 is 0 Å². The zero-order chi connectivity index (χ0) is 17.2. The van der Waals surface area contributed by atoms with Gasteiger partial charge < -0.3 is 18.9 Å². The van der Waals surface area contributed by atoms with E-state index in [4.69, 9.17) is 18.9 Å². The van der Waals surface area contributed by atoms with Crippen LogP contribution in [0.4, 0.5) is 0 Å². The smallest absolute Gasteiger partial charge is 0.309 e. The highest BCUT2D eigenvalue weighted by molar-refractivity contribution is 5.82. The maximum Gasteiger partial charge on any atom is 0.309 e. The van der Waals surface area contributed by atoms with E-state index in [1.54, 1.807) is 7.11 Å². The minimum absolute atomic E-state index is 0.227. The molecule has 1 aliphatic heterocycles. The van der Waals surface area contributed by atoms with Crippen LogP contribution in [0.15, 0.2) is 0 Å². The highest BCUT2D eigenvalue weighted by Crippen LogP contribution is 2.32. The molecule has 2 rings (SSSR count). The Morgan fingerprint density at radius 2 is 1.54 bits per heavy atom. The molecule has 0 bridgehead atoms. The lowest BCUT2D eigenvalue weighted by Crippen LogP contribution is -2.40. The van der Waals surface area contributed by atoms with Crippen LogP contribution in [-0.4, -0.2) is 76.6 Å². The van der Waals surface area contributed by atoms with E-state index in [1.807, 2.05) is 0 Å². The predicted molar refractivity (Wildman–Crippen MR) is 86.5 cm³/mol. The van der Waals surface area contributed by atoms with Crippen molar-refractivity contribution in [2.24, 2.45) is 11.8 Å². The van der Waals surface area contributed by atoms with Gasteiger partial charge in [0, 0.05) is 26.7 Å². The third-order valence-corrected chi connectivity index (χ3v) is 4.66. The number of carbonyl (C=O) groups is 2. The summed E-state index contributed by atoms with van der Waals surface area (Å²) in [4.78, 5) is 26.8. The van der Waals surface area contributed by atoms with Crippen molar-refractivity contribution in [3.05, 3.63) is 0 Å². The number of rotatable bonds is 8. The van der Waals surface area contributed by atoms with Gasteiger partial charge in [0.2, 0.25) is 0 Å². The highest BCUT2D eigenvalue weighted by atomic mass is 16.6. The van der Waals surface area contributed by atoms with E-state index < -0.39 is 0 Å². The number of methoxy groups -OCH3 is 1. The summed E-state index contributed by atoms with van der Waals surface area (Å²) in [6.07, 6.45) is 3.28. The fraction of sp³-hybridized carbons (Fsp3) is 0.882. The minimum Gasteiger partial charge on any atom is -0.464 e. The van der Waals surface area contributed by atoms with Crippen molar-refractivity contribution < 1.29 is 28.5 Å². The van der Waals surface area contributed by atoms with Gasteiger partial charge in [-0.25, -0.2) is 0 Å². The Bertz CT molecular complexity index is 397. The summed E-state index contributed by atoms with van der Waals surface area (Å²) >= 11 is 0. The quantitative estimate of drug-likeness (QED) is 0.478. The molecule has 1 aliphatic carbocycles. The van der Waals surface area contributed by atoms with E-state index in [-0.39, 0.29) is 30.4 Å². The van der Waals surface area contributed by atoms with E-state index in [2.05, 4.69) is 4.90 Å². The molecule has 0 spiro atoms. The van der Waals surface area contributed by atoms with Crippen molar-refractivity contribution in [2.75, 3.05) is 59.8 Å². The molecular formula is C17H29NO6. The normalized spacial score (nSPS) is 25.2. The van der Waals surface area contributed by atoms with E-state index in [0.29, 0.717) is 32.6 Å². The second-order valence-corrected chi connectivity index (χ2v) is 6.28. The van der Waals surface area contributed by atoms with Gasteiger partial charge in [0.25, 0.3) is 0 Å². The molecule has 0 radical (unpaired) electrons. The van der Waals surface area contributed by atoms with Crippen LogP contribution in [0.25, 0.3) is 0 Å². The van der Waals surface area contributed by atoms with Gasteiger partial charge in [-0.2, -0.15) is 0 Å². The lowest BCUT2D eigenvalue weighted by molar-refractivity contribution is -0.163. The summed E-state index contributed by atoms with van der Waals surface area (Å²) in [6.45, 7) is 4.87. The van der Waals surface area contributed by atoms with E-state index in [1.165, 1.54) is 0 Å². The van der Waals surface area contributed by atoms with Gasteiger partial charge in [0.05, 0.1) is 31.7 Å². The predicted octanol–water partition coefficient (Wildman–Crippen LogP) is 0.858.